The molecule has 0 saturated carbocycles. The van der Waals surface area contributed by atoms with E-state index in [0.29, 0.717) is 11.1 Å². The minimum absolute atomic E-state index is 0.0399. The van der Waals surface area contributed by atoms with Gasteiger partial charge in [-0.2, -0.15) is 5.10 Å². The molecule has 0 fully saturated rings. The predicted molar refractivity (Wildman–Crippen MR) is 68.5 cm³/mol. The predicted octanol–water partition coefficient (Wildman–Crippen LogP) is 2.28. The fourth-order valence-electron chi connectivity index (χ4n) is 1.24. The van der Waals surface area contributed by atoms with Crippen LogP contribution < -0.4 is 5.43 Å². The van der Waals surface area contributed by atoms with Gasteiger partial charge in [-0.3, -0.25) is 20.3 Å². The van der Waals surface area contributed by atoms with Gasteiger partial charge >= 0.3 is 0 Å². The Morgan fingerprint density at radius 1 is 1.39 bits per heavy atom. The van der Waals surface area contributed by atoms with Crippen molar-refractivity contribution in [3.63, 3.8) is 0 Å². The highest BCUT2D eigenvalue weighted by molar-refractivity contribution is 6.08. The Bertz CT molecular complexity index is 504. The lowest BCUT2D eigenvalue weighted by Crippen LogP contribution is -2.05. The average Bonchev–Trinajstić information content (AvgIpc) is 2.38. The molecule has 0 aliphatic rings. The SMILES string of the molecule is CC=NNC=C(C)C(=O)c1ccc([N+](=O)[O-])cc1. The van der Waals surface area contributed by atoms with Crippen LogP contribution in [0.25, 0.3) is 0 Å². The van der Waals surface area contributed by atoms with Crippen molar-refractivity contribution in [3.8, 4) is 0 Å². The van der Waals surface area contributed by atoms with Gasteiger partial charge in [0.05, 0.1) is 4.92 Å². The molecule has 18 heavy (non-hydrogen) atoms. The molecule has 1 aromatic carbocycles. The van der Waals surface area contributed by atoms with Crippen LogP contribution in [0.15, 0.2) is 41.1 Å². The normalized spacial score (nSPS) is 11.6. The summed E-state index contributed by atoms with van der Waals surface area (Å²) in [6.07, 6.45) is 3.03. The summed E-state index contributed by atoms with van der Waals surface area (Å²) < 4.78 is 0. The van der Waals surface area contributed by atoms with Crippen LogP contribution in [0.4, 0.5) is 5.69 Å². The van der Waals surface area contributed by atoms with E-state index < -0.39 is 4.92 Å². The third kappa shape index (κ3) is 3.51. The number of allylic oxidation sites excluding steroid dienone is 1. The molecule has 0 atom stereocenters. The average molecular weight is 247 g/mol. The Balaban J connectivity index is 2.84. The highest BCUT2D eigenvalue weighted by Gasteiger charge is 2.10. The van der Waals surface area contributed by atoms with Gasteiger partial charge in [-0.1, -0.05) is 0 Å². The van der Waals surface area contributed by atoms with Crippen molar-refractivity contribution in [2.24, 2.45) is 5.10 Å². The fourth-order valence-corrected chi connectivity index (χ4v) is 1.24. The van der Waals surface area contributed by atoms with Gasteiger partial charge in [-0.05, 0) is 26.0 Å². The maximum atomic E-state index is 11.9. The Morgan fingerprint density at radius 3 is 2.50 bits per heavy atom. The summed E-state index contributed by atoms with van der Waals surface area (Å²) in [6, 6.07) is 5.47. The number of hydrazone groups is 1. The van der Waals surface area contributed by atoms with E-state index in [1.54, 1.807) is 20.1 Å². The van der Waals surface area contributed by atoms with Crippen LogP contribution in [0.1, 0.15) is 24.2 Å². The molecule has 0 unspecified atom stereocenters. The summed E-state index contributed by atoms with van der Waals surface area (Å²) in [5.41, 5.74) is 3.42. The number of carbonyl (C=O) groups excluding carboxylic acids is 1. The van der Waals surface area contributed by atoms with Gasteiger partial charge in [-0.25, -0.2) is 0 Å². The first-order valence-corrected chi connectivity index (χ1v) is 5.25. The molecule has 1 N–H and O–H groups in total. The number of nitrogens with one attached hydrogen (secondary N) is 1. The monoisotopic (exact) mass is 247 g/mol. The molecule has 0 aliphatic heterocycles. The van der Waals surface area contributed by atoms with E-state index in [-0.39, 0.29) is 11.5 Å². The number of non-ortho nitro benzene ring substituents is 1. The molecule has 1 aromatic rings. The van der Waals surface area contributed by atoms with E-state index >= 15 is 0 Å². The molecular weight excluding hydrogens is 234 g/mol. The number of ketones is 1. The van der Waals surface area contributed by atoms with E-state index in [1.165, 1.54) is 30.5 Å². The zero-order valence-electron chi connectivity index (χ0n) is 10.1. The lowest BCUT2D eigenvalue weighted by Gasteiger charge is -2.01. The minimum Gasteiger partial charge on any atom is -0.289 e. The molecule has 94 valence electrons. The zero-order valence-corrected chi connectivity index (χ0v) is 10.1. The van der Waals surface area contributed by atoms with Crippen LogP contribution in [0.2, 0.25) is 0 Å². The van der Waals surface area contributed by atoms with Crippen molar-refractivity contribution in [1.82, 2.24) is 5.43 Å². The Labute approximate surface area is 104 Å². The number of nitrogens with zero attached hydrogens (tertiary/aromatic N) is 2. The largest absolute Gasteiger partial charge is 0.289 e. The van der Waals surface area contributed by atoms with Crippen LogP contribution >= 0.6 is 0 Å². The first-order valence-electron chi connectivity index (χ1n) is 5.25. The van der Waals surface area contributed by atoms with Crippen LogP contribution in [0, 0.1) is 10.1 Å². The third-order valence-electron chi connectivity index (χ3n) is 2.18. The van der Waals surface area contributed by atoms with Crippen molar-refractivity contribution in [3.05, 3.63) is 51.7 Å². The summed E-state index contributed by atoms with van der Waals surface area (Å²) in [4.78, 5) is 21.9. The van der Waals surface area contributed by atoms with Crippen molar-refractivity contribution in [1.29, 1.82) is 0 Å². The van der Waals surface area contributed by atoms with Gasteiger partial charge in [-0.15, -0.1) is 0 Å². The van der Waals surface area contributed by atoms with Gasteiger partial charge in [0.15, 0.2) is 5.78 Å². The van der Waals surface area contributed by atoms with Crippen molar-refractivity contribution in [2.75, 3.05) is 0 Å². The molecular formula is C12H13N3O3. The third-order valence-corrected chi connectivity index (χ3v) is 2.18. The highest BCUT2D eigenvalue weighted by Crippen LogP contribution is 2.14. The summed E-state index contributed by atoms with van der Waals surface area (Å²) in [7, 11) is 0. The maximum Gasteiger partial charge on any atom is 0.269 e. The van der Waals surface area contributed by atoms with Gasteiger partial charge in [0.1, 0.15) is 0 Å². The Kier molecular flexibility index (Phi) is 4.74. The Hall–Kier alpha value is -2.50. The van der Waals surface area contributed by atoms with Gasteiger partial charge in [0.2, 0.25) is 0 Å². The van der Waals surface area contributed by atoms with Gasteiger partial charge < -0.3 is 0 Å². The van der Waals surface area contributed by atoms with E-state index in [0.717, 1.165) is 0 Å². The summed E-state index contributed by atoms with van der Waals surface area (Å²) in [5.74, 6) is -0.205. The lowest BCUT2D eigenvalue weighted by molar-refractivity contribution is -0.384. The molecule has 1 rings (SSSR count). The minimum atomic E-state index is -0.505. The smallest absolute Gasteiger partial charge is 0.269 e. The summed E-state index contributed by atoms with van der Waals surface area (Å²) >= 11 is 0. The lowest BCUT2D eigenvalue weighted by atomic mass is 10.1. The van der Waals surface area contributed by atoms with Gasteiger partial charge in [0.25, 0.3) is 5.69 Å². The molecule has 6 nitrogen and oxygen atoms in total. The molecule has 0 spiro atoms. The fraction of sp³-hybridized carbons (Fsp3) is 0.167. The topological polar surface area (TPSA) is 84.6 Å². The van der Waals surface area contributed by atoms with Gasteiger partial charge in [0, 0.05) is 35.7 Å². The number of carbonyl (C=O) groups is 1. The van der Waals surface area contributed by atoms with Crippen molar-refractivity contribution in [2.45, 2.75) is 13.8 Å². The molecule has 0 aromatic heterocycles. The number of hydrogen-bond donors (Lipinski definition) is 1. The number of Topliss-reactive ketones (excluding diaryl/α,β-unsaturated/α-hetero) is 1. The van der Waals surface area contributed by atoms with Crippen molar-refractivity contribution < 1.29 is 9.72 Å². The molecule has 0 saturated heterocycles. The first kappa shape index (κ1) is 13.6. The number of rotatable bonds is 5. The number of hydrogen-bond acceptors (Lipinski definition) is 5. The first-order chi connectivity index (χ1) is 8.56. The number of benzene rings is 1. The second-order valence-corrected chi connectivity index (χ2v) is 3.48. The maximum absolute atomic E-state index is 11.9. The second kappa shape index (κ2) is 6.29. The Morgan fingerprint density at radius 2 is 2.00 bits per heavy atom. The highest BCUT2D eigenvalue weighted by atomic mass is 16.6. The van der Waals surface area contributed by atoms with E-state index in [4.69, 9.17) is 0 Å². The van der Waals surface area contributed by atoms with E-state index in [1.807, 2.05) is 0 Å². The van der Waals surface area contributed by atoms with Crippen LogP contribution in [-0.4, -0.2) is 16.9 Å². The van der Waals surface area contributed by atoms with E-state index in [2.05, 4.69) is 10.5 Å². The number of nitro benzene ring substituents is 1. The van der Waals surface area contributed by atoms with Crippen LogP contribution in [0.5, 0.6) is 0 Å². The van der Waals surface area contributed by atoms with Crippen LogP contribution in [0.3, 0.4) is 0 Å². The number of nitro groups is 1. The molecule has 0 heterocycles. The van der Waals surface area contributed by atoms with Crippen molar-refractivity contribution >= 4 is 17.7 Å². The molecule has 0 aliphatic carbocycles. The van der Waals surface area contributed by atoms with E-state index in [9.17, 15) is 14.9 Å². The molecule has 0 bridgehead atoms. The molecule has 0 radical (unpaired) electrons. The standard InChI is InChI=1S/C12H13N3O3/c1-3-13-14-8-9(2)12(16)10-4-6-11(7-5-10)15(17)18/h3-8,14H,1-2H3. The quantitative estimate of drug-likeness (QED) is 0.284. The summed E-state index contributed by atoms with van der Waals surface area (Å²) in [6.45, 7) is 3.39. The zero-order chi connectivity index (χ0) is 13.5. The summed E-state index contributed by atoms with van der Waals surface area (Å²) in [5, 5.41) is 14.2. The van der Waals surface area contributed by atoms with Crippen LogP contribution in [-0.2, 0) is 0 Å². The molecule has 0 amide bonds. The second-order valence-electron chi connectivity index (χ2n) is 3.48. The molecule has 6 heteroatoms.